The van der Waals surface area contributed by atoms with E-state index in [1.54, 1.807) is 31.0 Å². The summed E-state index contributed by atoms with van der Waals surface area (Å²) in [5.41, 5.74) is 1.40. The van der Waals surface area contributed by atoms with E-state index in [1.807, 2.05) is 6.07 Å². The van der Waals surface area contributed by atoms with Crippen molar-refractivity contribution in [3.05, 3.63) is 29.3 Å². The molecule has 1 heterocycles. The molecule has 1 N–H and O–H groups in total. The second kappa shape index (κ2) is 4.24. The van der Waals surface area contributed by atoms with Gasteiger partial charge in [0.15, 0.2) is 0 Å². The number of thioether (sulfide) groups is 1. The van der Waals surface area contributed by atoms with E-state index in [2.05, 4.69) is 0 Å². The molecule has 1 aliphatic heterocycles. The smallest absolute Gasteiger partial charge is 0.336 e. The average Bonchev–Trinajstić information content (AvgIpc) is 2.27. The lowest BCUT2D eigenvalue weighted by molar-refractivity contribution is 0.0689. The maximum atomic E-state index is 11.0. The molecule has 0 aromatic heterocycles. The SMILES string of the molecule is COC1CCSc2c(C(=O)O)cccc21. The van der Waals surface area contributed by atoms with Gasteiger partial charge in [0.1, 0.15) is 0 Å². The molecular weight excluding hydrogens is 212 g/mol. The van der Waals surface area contributed by atoms with E-state index in [0.717, 1.165) is 22.6 Å². The summed E-state index contributed by atoms with van der Waals surface area (Å²) in [5, 5.41) is 9.05. The first kappa shape index (κ1) is 10.5. The van der Waals surface area contributed by atoms with Gasteiger partial charge < -0.3 is 9.84 Å². The van der Waals surface area contributed by atoms with E-state index in [1.165, 1.54) is 0 Å². The van der Waals surface area contributed by atoms with E-state index < -0.39 is 5.97 Å². The molecule has 0 saturated carbocycles. The van der Waals surface area contributed by atoms with Gasteiger partial charge >= 0.3 is 5.97 Å². The van der Waals surface area contributed by atoms with Crippen LogP contribution in [-0.4, -0.2) is 23.9 Å². The van der Waals surface area contributed by atoms with Crippen molar-refractivity contribution in [3.63, 3.8) is 0 Å². The highest BCUT2D eigenvalue weighted by molar-refractivity contribution is 7.99. The Bertz CT molecular complexity index is 389. The predicted molar refractivity (Wildman–Crippen MR) is 58.5 cm³/mol. The Balaban J connectivity index is 2.50. The summed E-state index contributed by atoms with van der Waals surface area (Å²) in [7, 11) is 1.66. The summed E-state index contributed by atoms with van der Waals surface area (Å²) in [6, 6.07) is 5.37. The molecule has 1 aromatic carbocycles. The Morgan fingerprint density at radius 3 is 3.07 bits per heavy atom. The number of ether oxygens (including phenoxy) is 1. The van der Waals surface area contributed by atoms with Crippen LogP contribution < -0.4 is 0 Å². The van der Waals surface area contributed by atoms with Crippen LogP contribution in [0.4, 0.5) is 0 Å². The number of fused-ring (bicyclic) bond motifs is 1. The summed E-state index contributed by atoms with van der Waals surface area (Å²) in [6.07, 6.45) is 0.984. The molecule has 0 amide bonds. The molecule has 1 atom stereocenters. The van der Waals surface area contributed by atoms with Crippen LogP contribution in [0.2, 0.25) is 0 Å². The van der Waals surface area contributed by atoms with Crippen LogP contribution in [0.3, 0.4) is 0 Å². The van der Waals surface area contributed by atoms with E-state index in [0.29, 0.717) is 5.56 Å². The number of methoxy groups -OCH3 is 1. The molecular formula is C11H12O3S. The molecule has 0 bridgehead atoms. The highest BCUT2D eigenvalue weighted by atomic mass is 32.2. The third-order valence-electron chi connectivity index (χ3n) is 2.53. The Labute approximate surface area is 92.4 Å². The molecule has 0 saturated heterocycles. The summed E-state index contributed by atoms with van der Waals surface area (Å²) in [5.74, 6) is 0.0478. The molecule has 80 valence electrons. The van der Waals surface area contributed by atoms with Gasteiger partial charge in [-0.1, -0.05) is 12.1 Å². The van der Waals surface area contributed by atoms with E-state index >= 15 is 0 Å². The lowest BCUT2D eigenvalue weighted by atomic mass is 10.0. The molecule has 0 radical (unpaired) electrons. The number of carboxylic acid groups (broad SMARTS) is 1. The molecule has 1 aromatic rings. The van der Waals surface area contributed by atoms with Crippen molar-refractivity contribution in [2.45, 2.75) is 17.4 Å². The Kier molecular flexibility index (Phi) is 2.98. The Hall–Kier alpha value is -1.00. The van der Waals surface area contributed by atoms with Gasteiger partial charge in [0.2, 0.25) is 0 Å². The molecule has 15 heavy (non-hydrogen) atoms. The van der Waals surface area contributed by atoms with Crippen LogP contribution in [0, 0.1) is 0 Å². The van der Waals surface area contributed by atoms with Crippen molar-refractivity contribution in [1.29, 1.82) is 0 Å². The summed E-state index contributed by atoms with van der Waals surface area (Å²) in [6.45, 7) is 0. The fraction of sp³-hybridized carbons (Fsp3) is 0.364. The van der Waals surface area contributed by atoms with Gasteiger partial charge in [-0.3, -0.25) is 0 Å². The lowest BCUT2D eigenvalue weighted by Gasteiger charge is -2.24. The first-order valence-electron chi connectivity index (χ1n) is 4.76. The van der Waals surface area contributed by atoms with Crippen molar-refractivity contribution < 1.29 is 14.6 Å². The third-order valence-corrected chi connectivity index (χ3v) is 3.72. The average molecular weight is 224 g/mol. The highest BCUT2D eigenvalue weighted by Gasteiger charge is 2.24. The zero-order chi connectivity index (χ0) is 10.8. The third kappa shape index (κ3) is 1.87. The normalized spacial score (nSPS) is 19.7. The number of hydrogen-bond acceptors (Lipinski definition) is 3. The minimum atomic E-state index is -0.865. The molecule has 1 aliphatic rings. The van der Waals surface area contributed by atoms with Crippen molar-refractivity contribution in [2.75, 3.05) is 12.9 Å². The van der Waals surface area contributed by atoms with Gasteiger partial charge in [-0.15, -0.1) is 11.8 Å². The van der Waals surface area contributed by atoms with E-state index in [-0.39, 0.29) is 6.10 Å². The lowest BCUT2D eigenvalue weighted by Crippen LogP contribution is -2.12. The van der Waals surface area contributed by atoms with E-state index in [4.69, 9.17) is 9.84 Å². The monoisotopic (exact) mass is 224 g/mol. The standard InChI is InChI=1S/C11H12O3S/c1-14-9-5-6-15-10-7(9)3-2-4-8(10)11(12)13/h2-4,9H,5-6H2,1H3,(H,12,13). The van der Waals surface area contributed by atoms with Crippen molar-refractivity contribution in [3.8, 4) is 0 Å². The van der Waals surface area contributed by atoms with Gasteiger partial charge in [-0.2, -0.15) is 0 Å². The minimum Gasteiger partial charge on any atom is -0.478 e. The first-order chi connectivity index (χ1) is 7.24. The molecule has 0 fully saturated rings. The first-order valence-corrected chi connectivity index (χ1v) is 5.74. The topological polar surface area (TPSA) is 46.5 Å². The second-order valence-electron chi connectivity index (χ2n) is 3.39. The summed E-state index contributed by atoms with van der Waals surface area (Å²) >= 11 is 1.60. The molecule has 4 heteroatoms. The largest absolute Gasteiger partial charge is 0.478 e. The van der Waals surface area contributed by atoms with Crippen LogP contribution in [0.5, 0.6) is 0 Å². The van der Waals surface area contributed by atoms with Crippen molar-refractivity contribution >= 4 is 17.7 Å². The summed E-state index contributed by atoms with van der Waals surface area (Å²) < 4.78 is 5.35. The molecule has 2 rings (SSSR count). The van der Waals surface area contributed by atoms with Gasteiger partial charge in [0.25, 0.3) is 0 Å². The van der Waals surface area contributed by atoms with Gasteiger partial charge in [-0.05, 0) is 18.1 Å². The van der Waals surface area contributed by atoms with Crippen LogP contribution in [0.1, 0.15) is 28.4 Å². The van der Waals surface area contributed by atoms with Crippen LogP contribution in [0.15, 0.2) is 23.1 Å². The number of benzene rings is 1. The Morgan fingerprint density at radius 2 is 2.40 bits per heavy atom. The highest BCUT2D eigenvalue weighted by Crippen LogP contribution is 2.39. The van der Waals surface area contributed by atoms with Crippen molar-refractivity contribution in [2.24, 2.45) is 0 Å². The maximum absolute atomic E-state index is 11.0. The minimum absolute atomic E-state index is 0.0422. The fourth-order valence-electron chi connectivity index (χ4n) is 1.81. The van der Waals surface area contributed by atoms with Crippen molar-refractivity contribution in [1.82, 2.24) is 0 Å². The second-order valence-corrected chi connectivity index (χ2v) is 4.50. The van der Waals surface area contributed by atoms with Gasteiger partial charge in [0, 0.05) is 17.8 Å². The Morgan fingerprint density at radius 1 is 1.60 bits per heavy atom. The summed E-state index contributed by atoms with van der Waals surface area (Å²) in [4.78, 5) is 11.9. The number of rotatable bonds is 2. The van der Waals surface area contributed by atoms with Crippen LogP contribution >= 0.6 is 11.8 Å². The zero-order valence-electron chi connectivity index (χ0n) is 8.40. The molecule has 0 spiro atoms. The number of carboxylic acids is 1. The number of carbonyl (C=O) groups is 1. The maximum Gasteiger partial charge on any atom is 0.336 e. The molecule has 3 nitrogen and oxygen atoms in total. The quantitative estimate of drug-likeness (QED) is 0.838. The molecule has 0 aliphatic carbocycles. The molecule has 1 unspecified atom stereocenters. The fourth-order valence-corrected chi connectivity index (χ4v) is 3.02. The van der Waals surface area contributed by atoms with Crippen LogP contribution in [0.25, 0.3) is 0 Å². The van der Waals surface area contributed by atoms with Gasteiger partial charge in [0.05, 0.1) is 11.7 Å². The number of aromatic carboxylic acids is 1. The predicted octanol–water partition coefficient (Wildman–Crippen LogP) is 2.57. The van der Waals surface area contributed by atoms with E-state index in [9.17, 15) is 4.79 Å². The van der Waals surface area contributed by atoms with Crippen LogP contribution in [-0.2, 0) is 4.74 Å². The van der Waals surface area contributed by atoms with Gasteiger partial charge in [-0.25, -0.2) is 4.79 Å². The number of hydrogen-bond donors (Lipinski definition) is 1. The zero-order valence-corrected chi connectivity index (χ0v) is 9.21.